The molecule has 0 bridgehead atoms. The third kappa shape index (κ3) is 3.25. The second kappa shape index (κ2) is 5.25. The lowest BCUT2D eigenvalue weighted by Gasteiger charge is -2.15. The van der Waals surface area contributed by atoms with Crippen molar-refractivity contribution in [3.05, 3.63) is 40.1 Å². The van der Waals surface area contributed by atoms with Gasteiger partial charge in [0.2, 0.25) is 0 Å². The van der Waals surface area contributed by atoms with Gasteiger partial charge < -0.3 is 5.73 Å². The van der Waals surface area contributed by atoms with Gasteiger partial charge in [-0.3, -0.25) is 9.88 Å². The van der Waals surface area contributed by atoms with Crippen molar-refractivity contribution in [3.8, 4) is 0 Å². The van der Waals surface area contributed by atoms with Crippen LogP contribution in [0.2, 0.25) is 0 Å². The van der Waals surface area contributed by atoms with Gasteiger partial charge in [-0.2, -0.15) is 0 Å². The number of anilines is 1. The van der Waals surface area contributed by atoms with Crippen molar-refractivity contribution in [1.29, 1.82) is 0 Å². The van der Waals surface area contributed by atoms with Crippen molar-refractivity contribution in [2.24, 2.45) is 0 Å². The van der Waals surface area contributed by atoms with Gasteiger partial charge in [0.15, 0.2) is 0 Å². The van der Waals surface area contributed by atoms with Gasteiger partial charge >= 0.3 is 0 Å². The van der Waals surface area contributed by atoms with E-state index in [9.17, 15) is 0 Å². The summed E-state index contributed by atoms with van der Waals surface area (Å²) in [6, 6.07) is 3.85. The molecule has 0 spiro atoms. The van der Waals surface area contributed by atoms with Gasteiger partial charge in [-0.1, -0.05) is 0 Å². The quantitative estimate of drug-likeness (QED) is 0.900. The van der Waals surface area contributed by atoms with E-state index in [1.807, 2.05) is 24.6 Å². The first kappa shape index (κ1) is 12.0. The number of hydrogen-bond acceptors (Lipinski definition) is 5. The fourth-order valence-electron chi connectivity index (χ4n) is 1.59. The fourth-order valence-corrected chi connectivity index (χ4v) is 2.44. The van der Waals surface area contributed by atoms with Gasteiger partial charge in [0.25, 0.3) is 0 Å². The van der Waals surface area contributed by atoms with E-state index >= 15 is 0 Å². The Kier molecular flexibility index (Phi) is 3.71. The number of hydrogen-bond donors (Lipinski definition) is 1. The third-order valence-corrected chi connectivity index (χ3v) is 3.46. The summed E-state index contributed by atoms with van der Waals surface area (Å²) in [5.74, 6) is 0. The summed E-state index contributed by atoms with van der Waals surface area (Å²) in [4.78, 5) is 12.1. The summed E-state index contributed by atoms with van der Waals surface area (Å²) in [7, 11) is 2.08. The van der Waals surface area contributed by atoms with Crippen LogP contribution in [0.4, 0.5) is 5.69 Å². The van der Waals surface area contributed by atoms with E-state index in [0.717, 1.165) is 24.5 Å². The maximum Gasteiger partial charge on any atom is 0.0798 e. The van der Waals surface area contributed by atoms with Crippen LogP contribution in [0, 0.1) is 6.92 Å². The molecule has 0 aromatic carbocycles. The van der Waals surface area contributed by atoms with Gasteiger partial charge in [0.1, 0.15) is 0 Å². The van der Waals surface area contributed by atoms with Gasteiger partial charge in [-0.05, 0) is 26.1 Å². The molecule has 2 aromatic rings. The van der Waals surface area contributed by atoms with Crippen molar-refractivity contribution in [3.63, 3.8) is 0 Å². The van der Waals surface area contributed by atoms with Crippen molar-refractivity contribution in [1.82, 2.24) is 14.9 Å². The van der Waals surface area contributed by atoms with Crippen LogP contribution in [0.3, 0.4) is 0 Å². The molecule has 0 radical (unpaired) electrons. The zero-order valence-corrected chi connectivity index (χ0v) is 10.9. The molecule has 0 saturated carbocycles. The summed E-state index contributed by atoms with van der Waals surface area (Å²) in [5.41, 5.74) is 10.3. The zero-order chi connectivity index (χ0) is 12.3. The average molecular weight is 248 g/mol. The van der Waals surface area contributed by atoms with E-state index in [0.29, 0.717) is 5.69 Å². The van der Waals surface area contributed by atoms with E-state index in [4.69, 9.17) is 5.73 Å². The Morgan fingerprint density at radius 1 is 1.29 bits per heavy atom. The van der Waals surface area contributed by atoms with Crippen LogP contribution in [-0.2, 0) is 13.1 Å². The first-order valence-corrected chi connectivity index (χ1v) is 6.31. The normalized spacial score (nSPS) is 11.0. The number of nitrogens with two attached hydrogens (primary N) is 1. The smallest absolute Gasteiger partial charge is 0.0798 e. The Balaban J connectivity index is 1.95. The Morgan fingerprint density at radius 3 is 2.71 bits per heavy atom. The van der Waals surface area contributed by atoms with Crippen molar-refractivity contribution in [2.75, 3.05) is 12.8 Å². The molecule has 0 saturated heterocycles. The van der Waals surface area contributed by atoms with Gasteiger partial charge in [-0.15, -0.1) is 11.3 Å². The highest BCUT2D eigenvalue weighted by molar-refractivity contribution is 7.09. The minimum Gasteiger partial charge on any atom is -0.397 e. The molecular formula is C12H16N4S. The van der Waals surface area contributed by atoms with Crippen LogP contribution in [-0.4, -0.2) is 21.9 Å². The Morgan fingerprint density at radius 2 is 2.12 bits per heavy atom. The summed E-state index contributed by atoms with van der Waals surface area (Å²) in [6.07, 6.45) is 1.70. The first-order valence-electron chi connectivity index (χ1n) is 5.43. The number of nitrogens with zero attached hydrogens (tertiary/aromatic N) is 3. The highest BCUT2D eigenvalue weighted by Crippen LogP contribution is 2.15. The summed E-state index contributed by atoms with van der Waals surface area (Å²) in [6.45, 7) is 3.77. The molecule has 17 heavy (non-hydrogen) atoms. The summed E-state index contributed by atoms with van der Waals surface area (Å²) >= 11 is 1.70. The van der Waals surface area contributed by atoms with Crippen molar-refractivity contribution in [2.45, 2.75) is 20.0 Å². The number of thiazole rings is 1. The highest BCUT2D eigenvalue weighted by Gasteiger charge is 2.06. The van der Waals surface area contributed by atoms with Crippen LogP contribution in [0.1, 0.15) is 16.3 Å². The molecule has 2 heterocycles. The SMILES string of the molecule is Cc1ncsc1CN(C)Cc1ccc(N)cn1. The number of nitrogen functional groups attached to an aromatic ring is 1. The monoisotopic (exact) mass is 248 g/mol. The van der Waals surface area contributed by atoms with Crippen LogP contribution < -0.4 is 5.73 Å². The molecule has 4 nitrogen and oxygen atoms in total. The molecule has 0 aliphatic carbocycles. The fraction of sp³-hybridized carbons (Fsp3) is 0.333. The second-order valence-corrected chi connectivity index (χ2v) is 5.06. The Bertz CT molecular complexity index is 478. The lowest BCUT2D eigenvalue weighted by Crippen LogP contribution is -2.17. The molecule has 0 aliphatic rings. The predicted octanol–water partition coefficient (Wildman–Crippen LogP) is 2.06. The van der Waals surface area contributed by atoms with Crippen LogP contribution in [0.25, 0.3) is 0 Å². The number of pyridine rings is 1. The molecule has 0 unspecified atom stereocenters. The van der Waals surface area contributed by atoms with E-state index in [1.54, 1.807) is 17.5 Å². The maximum absolute atomic E-state index is 5.60. The van der Waals surface area contributed by atoms with E-state index in [1.165, 1.54) is 4.88 Å². The lowest BCUT2D eigenvalue weighted by molar-refractivity contribution is 0.317. The molecule has 0 amide bonds. The minimum atomic E-state index is 0.703. The van der Waals surface area contributed by atoms with Crippen molar-refractivity contribution >= 4 is 17.0 Å². The van der Waals surface area contributed by atoms with E-state index in [-0.39, 0.29) is 0 Å². The second-order valence-electron chi connectivity index (χ2n) is 4.12. The van der Waals surface area contributed by atoms with Crippen LogP contribution in [0.5, 0.6) is 0 Å². The molecule has 5 heteroatoms. The summed E-state index contributed by atoms with van der Waals surface area (Å²) in [5, 5.41) is 0. The Labute approximate surface area is 105 Å². The number of aromatic nitrogens is 2. The Hall–Kier alpha value is -1.46. The third-order valence-electron chi connectivity index (χ3n) is 2.54. The number of aryl methyl sites for hydroxylation is 1. The molecule has 90 valence electrons. The van der Waals surface area contributed by atoms with Gasteiger partial charge in [0.05, 0.1) is 28.8 Å². The molecule has 2 rings (SSSR count). The average Bonchev–Trinajstić information content (AvgIpc) is 2.68. The lowest BCUT2D eigenvalue weighted by atomic mass is 10.3. The van der Waals surface area contributed by atoms with Crippen LogP contribution >= 0.6 is 11.3 Å². The number of rotatable bonds is 4. The van der Waals surface area contributed by atoms with E-state index < -0.39 is 0 Å². The molecule has 2 aromatic heterocycles. The molecule has 2 N–H and O–H groups in total. The van der Waals surface area contributed by atoms with Gasteiger partial charge in [-0.25, -0.2) is 4.98 Å². The molecule has 0 aliphatic heterocycles. The molecule has 0 fully saturated rings. The minimum absolute atomic E-state index is 0.703. The predicted molar refractivity (Wildman–Crippen MR) is 70.7 cm³/mol. The zero-order valence-electron chi connectivity index (χ0n) is 10.1. The van der Waals surface area contributed by atoms with E-state index in [2.05, 4.69) is 21.9 Å². The largest absolute Gasteiger partial charge is 0.397 e. The standard InChI is InChI=1S/C12H16N4S/c1-9-12(17-8-15-9)7-16(2)6-11-4-3-10(13)5-14-11/h3-5,8H,6-7,13H2,1-2H3. The molecule has 0 atom stereocenters. The van der Waals surface area contributed by atoms with Crippen molar-refractivity contribution < 1.29 is 0 Å². The molecular weight excluding hydrogens is 232 g/mol. The van der Waals surface area contributed by atoms with Gasteiger partial charge in [0, 0.05) is 18.0 Å². The topological polar surface area (TPSA) is 55.0 Å². The highest BCUT2D eigenvalue weighted by atomic mass is 32.1. The first-order chi connectivity index (χ1) is 8.15. The maximum atomic E-state index is 5.60. The van der Waals surface area contributed by atoms with Crippen LogP contribution in [0.15, 0.2) is 23.8 Å². The summed E-state index contributed by atoms with van der Waals surface area (Å²) < 4.78 is 0.